The number of H-pyrrole nitrogens is 1. The molecule has 0 aliphatic rings. The maximum Gasteiger partial charge on any atom is 0.273 e. The standard InChI is InChI=1S/C6H10N4O2/c11-3-1-2-7-6(12)5-4-8-10-9-5/h4,11H,1-3H2,(H,7,12)(H,8,9,10). The lowest BCUT2D eigenvalue weighted by Gasteiger charge is -1.98. The Kier molecular flexibility index (Phi) is 3.21. The van der Waals surface area contributed by atoms with Crippen LogP contribution in [0.2, 0.25) is 0 Å². The zero-order chi connectivity index (χ0) is 8.81. The monoisotopic (exact) mass is 170 g/mol. The molecule has 6 heteroatoms. The molecule has 0 bridgehead atoms. The van der Waals surface area contributed by atoms with Crippen LogP contribution in [-0.4, -0.2) is 39.6 Å². The maximum absolute atomic E-state index is 11.1. The van der Waals surface area contributed by atoms with Gasteiger partial charge in [-0.25, -0.2) is 0 Å². The number of aliphatic hydroxyl groups excluding tert-OH is 1. The molecule has 0 aromatic carbocycles. The van der Waals surface area contributed by atoms with Crippen molar-refractivity contribution >= 4 is 5.91 Å². The number of amides is 1. The first-order chi connectivity index (χ1) is 5.84. The fourth-order valence-corrected chi connectivity index (χ4v) is 0.683. The van der Waals surface area contributed by atoms with Crippen molar-refractivity contribution in [1.29, 1.82) is 0 Å². The highest BCUT2D eigenvalue weighted by Gasteiger charge is 2.05. The average Bonchev–Trinajstić information content (AvgIpc) is 2.56. The highest BCUT2D eigenvalue weighted by atomic mass is 16.3. The molecule has 0 unspecified atom stereocenters. The normalized spacial score (nSPS) is 9.75. The smallest absolute Gasteiger partial charge is 0.273 e. The summed E-state index contributed by atoms with van der Waals surface area (Å²) < 4.78 is 0. The molecule has 0 aliphatic heterocycles. The van der Waals surface area contributed by atoms with E-state index in [1.165, 1.54) is 6.20 Å². The minimum atomic E-state index is -0.280. The molecule has 1 aromatic rings. The highest BCUT2D eigenvalue weighted by Crippen LogP contribution is 1.87. The van der Waals surface area contributed by atoms with Crippen LogP contribution in [-0.2, 0) is 0 Å². The summed E-state index contributed by atoms with van der Waals surface area (Å²) in [6.45, 7) is 0.515. The Bertz CT molecular complexity index is 234. The van der Waals surface area contributed by atoms with Gasteiger partial charge in [0.05, 0.1) is 6.20 Å². The summed E-state index contributed by atoms with van der Waals surface area (Å²) in [7, 11) is 0. The zero-order valence-electron chi connectivity index (χ0n) is 6.45. The van der Waals surface area contributed by atoms with Gasteiger partial charge in [-0.1, -0.05) is 0 Å². The van der Waals surface area contributed by atoms with Crippen molar-refractivity contribution in [2.24, 2.45) is 0 Å². The molecular formula is C6H10N4O2. The molecule has 0 spiro atoms. The van der Waals surface area contributed by atoms with Crippen LogP contribution in [0.15, 0.2) is 6.20 Å². The highest BCUT2D eigenvalue weighted by molar-refractivity contribution is 5.91. The molecule has 1 aromatic heterocycles. The molecule has 0 aliphatic carbocycles. The van der Waals surface area contributed by atoms with Crippen molar-refractivity contribution in [3.05, 3.63) is 11.9 Å². The molecule has 3 N–H and O–H groups in total. The summed E-state index contributed by atoms with van der Waals surface area (Å²) in [4.78, 5) is 11.1. The van der Waals surface area contributed by atoms with E-state index in [4.69, 9.17) is 5.11 Å². The van der Waals surface area contributed by atoms with Gasteiger partial charge in [-0.3, -0.25) is 4.79 Å². The number of rotatable bonds is 4. The molecule has 0 atom stereocenters. The predicted octanol–water partition coefficient (Wildman–Crippen LogP) is -1.08. The van der Waals surface area contributed by atoms with Gasteiger partial charge < -0.3 is 10.4 Å². The lowest BCUT2D eigenvalue weighted by atomic mass is 10.4. The number of aromatic nitrogens is 3. The van der Waals surface area contributed by atoms with E-state index >= 15 is 0 Å². The summed E-state index contributed by atoms with van der Waals surface area (Å²) in [5.41, 5.74) is 0.257. The Morgan fingerprint density at radius 3 is 3.17 bits per heavy atom. The Morgan fingerprint density at radius 1 is 1.75 bits per heavy atom. The van der Waals surface area contributed by atoms with Gasteiger partial charge in [-0.2, -0.15) is 15.4 Å². The van der Waals surface area contributed by atoms with Gasteiger partial charge in [0.2, 0.25) is 0 Å². The third-order valence-electron chi connectivity index (χ3n) is 1.27. The summed E-state index contributed by atoms with van der Waals surface area (Å²) >= 11 is 0. The number of aliphatic hydroxyl groups is 1. The van der Waals surface area contributed by atoms with Crippen molar-refractivity contribution < 1.29 is 9.90 Å². The van der Waals surface area contributed by atoms with Gasteiger partial charge in [0.1, 0.15) is 0 Å². The summed E-state index contributed by atoms with van der Waals surface area (Å²) in [5, 5.41) is 20.4. The van der Waals surface area contributed by atoms with Crippen molar-refractivity contribution in [3.63, 3.8) is 0 Å². The summed E-state index contributed by atoms with van der Waals surface area (Å²) in [5.74, 6) is -0.280. The van der Waals surface area contributed by atoms with E-state index in [1.54, 1.807) is 0 Å². The van der Waals surface area contributed by atoms with Gasteiger partial charge in [0.15, 0.2) is 5.69 Å². The van der Waals surface area contributed by atoms with Gasteiger partial charge >= 0.3 is 0 Å². The quantitative estimate of drug-likeness (QED) is 0.501. The second-order valence-electron chi connectivity index (χ2n) is 2.19. The van der Waals surface area contributed by atoms with Crippen LogP contribution >= 0.6 is 0 Å². The third kappa shape index (κ3) is 2.31. The molecule has 6 nitrogen and oxygen atoms in total. The van der Waals surface area contributed by atoms with Crippen molar-refractivity contribution in [2.75, 3.05) is 13.2 Å². The van der Waals surface area contributed by atoms with Crippen LogP contribution in [0.1, 0.15) is 16.9 Å². The minimum absolute atomic E-state index is 0.0685. The molecule has 0 saturated heterocycles. The first-order valence-electron chi connectivity index (χ1n) is 3.59. The molecule has 0 saturated carbocycles. The number of nitrogens with one attached hydrogen (secondary N) is 2. The van der Waals surface area contributed by atoms with Crippen LogP contribution in [0.25, 0.3) is 0 Å². The molecule has 0 radical (unpaired) electrons. The van der Waals surface area contributed by atoms with Gasteiger partial charge in [0.25, 0.3) is 5.91 Å². The van der Waals surface area contributed by atoms with E-state index in [9.17, 15) is 4.79 Å². The second-order valence-corrected chi connectivity index (χ2v) is 2.19. The summed E-state index contributed by atoms with van der Waals surface area (Å²) in [6, 6.07) is 0. The SMILES string of the molecule is O=C(NCCCO)c1cn[nH]n1. The van der Waals surface area contributed by atoms with Gasteiger partial charge in [-0.15, -0.1) is 0 Å². The molecule has 1 heterocycles. The van der Waals surface area contributed by atoms with E-state index in [2.05, 4.69) is 20.7 Å². The van der Waals surface area contributed by atoms with Crippen LogP contribution in [0.3, 0.4) is 0 Å². The van der Waals surface area contributed by atoms with Crippen molar-refractivity contribution in [3.8, 4) is 0 Å². The Morgan fingerprint density at radius 2 is 2.58 bits per heavy atom. The van der Waals surface area contributed by atoms with E-state index in [0.29, 0.717) is 13.0 Å². The third-order valence-corrected chi connectivity index (χ3v) is 1.27. The number of carbonyl (C=O) groups excluding carboxylic acids is 1. The molecule has 66 valence electrons. The fraction of sp³-hybridized carbons (Fsp3) is 0.500. The zero-order valence-corrected chi connectivity index (χ0v) is 6.45. The molecule has 0 fully saturated rings. The van der Waals surface area contributed by atoms with E-state index < -0.39 is 0 Å². The fourth-order valence-electron chi connectivity index (χ4n) is 0.683. The number of carbonyl (C=O) groups is 1. The topological polar surface area (TPSA) is 90.9 Å². The van der Waals surface area contributed by atoms with E-state index in [-0.39, 0.29) is 18.2 Å². The summed E-state index contributed by atoms with van der Waals surface area (Å²) in [6.07, 6.45) is 1.89. The first-order valence-corrected chi connectivity index (χ1v) is 3.59. The van der Waals surface area contributed by atoms with Crippen molar-refractivity contribution in [1.82, 2.24) is 20.7 Å². The Balaban J connectivity index is 2.30. The lowest BCUT2D eigenvalue weighted by Crippen LogP contribution is -2.25. The first kappa shape index (κ1) is 8.66. The molecular weight excluding hydrogens is 160 g/mol. The number of hydrogen-bond acceptors (Lipinski definition) is 4. The molecule has 1 rings (SSSR count). The molecule has 1 amide bonds. The van der Waals surface area contributed by atoms with Gasteiger partial charge in [-0.05, 0) is 6.42 Å². The Hall–Kier alpha value is -1.43. The van der Waals surface area contributed by atoms with E-state index in [1.807, 2.05) is 0 Å². The maximum atomic E-state index is 11.1. The number of hydrogen-bond donors (Lipinski definition) is 3. The number of nitrogens with zero attached hydrogens (tertiary/aromatic N) is 2. The van der Waals surface area contributed by atoms with Gasteiger partial charge in [0, 0.05) is 13.2 Å². The number of aromatic amines is 1. The molecule has 12 heavy (non-hydrogen) atoms. The van der Waals surface area contributed by atoms with E-state index in [0.717, 1.165) is 0 Å². The second kappa shape index (κ2) is 4.45. The van der Waals surface area contributed by atoms with Crippen LogP contribution in [0.4, 0.5) is 0 Å². The largest absolute Gasteiger partial charge is 0.396 e. The van der Waals surface area contributed by atoms with Crippen LogP contribution in [0.5, 0.6) is 0 Å². The van der Waals surface area contributed by atoms with Crippen LogP contribution < -0.4 is 5.32 Å². The Labute approximate surface area is 69.0 Å². The predicted molar refractivity (Wildman–Crippen MR) is 40.4 cm³/mol. The minimum Gasteiger partial charge on any atom is -0.396 e. The average molecular weight is 170 g/mol. The van der Waals surface area contributed by atoms with Crippen molar-refractivity contribution in [2.45, 2.75) is 6.42 Å². The van der Waals surface area contributed by atoms with Crippen LogP contribution in [0, 0.1) is 0 Å². The lowest BCUT2D eigenvalue weighted by molar-refractivity contribution is 0.0946.